The molecule has 1 aromatic heterocycles. The summed E-state index contributed by atoms with van der Waals surface area (Å²) in [5.74, 6) is 0.338. The molecule has 0 spiro atoms. The highest BCUT2D eigenvalue weighted by molar-refractivity contribution is 6.31. The molecule has 0 aliphatic carbocycles. The van der Waals surface area contributed by atoms with Gasteiger partial charge in [-0.05, 0) is 11.6 Å². The van der Waals surface area contributed by atoms with Gasteiger partial charge in [-0.3, -0.25) is 0 Å². The van der Waals surface area contributed by atoms with E-state index in [1.165, 1.54) is 12.4 Å². The summed E-state index contributed by atoms with van der Waals surface area (Å²) in [5, 5.41) is 7.45. The molecule has 0 amide bonds. The molecule has 2 aromatic rings. The van der Waals surface area contributed by atoms with Gasteiger partial charge in [0, 0.05) is 13.7 Å². The van der Waals surface area contributed by atoms with Gasteiger partial charge < -0.3 is 10.1 Å². The van der Waals surface area contributed by atoms with Gasteiger partial charge in [-0.15, -0.1) is 0 Å². The van der Waals surface area contributed by atoms with E-state index >= 15 is 0 Å². The molecule has 0 unspecified atom stereocenters. The van der Waals surface area contributed by atoms with Crippen molar-refractivity contribution in [2.45, 2.75) is 13.1 Å². The summed E-state index contributed by atoms with van der Waals surface area (Å²) in [4.78, 5) is 4.17. The van der Waals surface area contributed by atoms with Crippen molar-refractivity contribution in [2.24, 2.45) is 0 Å². The Morgan fingerprint density at radius 3 is 3.10 bits per heavy atom. The quantitative estimate of drug-likeness (QED) is 0.793. The van der Waals surface area contributed by atoms with Gasteiger partial charge in [0.05, 0.1) is 24.7 Å². The maximum atomic E-state index is 13.4. The number of methoxy groups -OCH3 is 1. The van der Waals surface area contributed by atoms with Gasteiger partial charge in [0.15, 0.2) is 0 Å². The SMILES string of the molecule is COCCNCc1ncnn1Cc1cccc(F)c1Cl. The first-order valence-corrected chi connectivity index (χ1v) is 6.59. The monoisotopic (exact) mass is 298 g/mol. The maximum Gasteiger partial charge on any atom is 0.142 e. The van der Waals surface area contributed by atoms with Crippen molar-refractivity contribution in [1.29, 1.82) is 0 Å². The van der Waals surface area contributed by atoms with Crippen LogP contribution >= 0.6 is 11.6 Å². The predicted octanol–water partition coefficient (Wildman–Crippen LogP) is 1.85. The number of aromatic nitrogens is 3. The van der Waals surface area contributed by atoms with Crippen molar-refractivity contribution in [2.75, 3.05) is 20.3 Å². The van der Waals surface area contributed by atoms with E-state index in [0.717, 1.165) is 12.4 Å². The number of halogens is 2. The van der Waals surface area contributed by atoms with Crippen LogP contribution in [0.3, 0.4) is 0 Å². The van der Waals surface area contributed by atoms with Crippen LogP contribution in [0.2, 0.25) is 5.02 Å². The summed E-state index contributed by atoms with van der Waals surface area (Å²) in [7, 11) is 1.65. The number of nitrogens with one attached hydrogen (secondary N) is 1. The van der Waals surface area contributed by atoms with Crippen LogP contribution in [-0.4, -0.2) is 35.0 Å². The molecule has 0 radical (unpaired) electrons. The van der Waals surface area contributed by atoms with Crippen LogP contribution < -0.4 is 5.32 Å². The number of rotatable bonds is 7. The standard InChI is InChI=1S/C13H16ClFN4O/c1-20-6-5-16-7-12-17-9-18-19(12)8-10-3-2-4-11(15)13(10)14/h2-4,9,16H,5-8H2,1H3. The van der Waals surface area contributed by atoms with Crippen molar-refractivity contribution in [3.8, 4) is 0 Å². The molecule has 20 heavy (non-hydrogen) atoms. The minimum atomic E-state index is -0.427. The lowest BCUT2D eigenvalue weighted by molar-refractivity contribution is 0.198. The average molecular weight is 299 g/mol. The van der Waals surface area contributed by atoms with Crippen LogP contribution in [-0.2, 0) is 17.8 Å². The zero-order valence-electron chi connectivity index (χ0n) is 11.1. The van der Waals surface area contributed by atoms with E-state index in [2.05, 4.69) is 15.4 Å². The summed E-state index contributed by atoms with van der Waals surface area (Å²) in [6.45, 7) is 2.31. The second-order valence-electron chi connectivity index (χ2n) is 4.22. The fraction of sp³-hybridized carbons (Fsp3) is 0.385. The van der Waals surface area contributed by atoms with Gasteiger partial charge in [0.25, 0.3) is 0 Å². The normalized spacial score (nSPS) is 10.9. The van der Waals surface area contributed by atoms with Crippen molar-refractivity contribution in [1.82, 2.24) is 20.1 Å². The Morgan fingerprint density at radius 1 is 1.45 bits per heavy atom. The Hall–Kier alpha value is -1.50. The second-order valence-corrected chi connectivity index (χ2v) is 4.59. The molecule has 2 rings (SSSR count). The number of hydrogen-bond acceptors (Lipinski definition) is 4. The summed E-state index contributed by atoms with van der Waals surface area (Å²) in [6, 6.07) is 4.74. The molecular formula is C13H16ClFN4O. The van der Waals surface area contributed by atoms with Crippen LogP contribution in [0.15, 0.2) is 24.5 Å². The number of benzene rings is 1. The molecule has 0 atom stereocenters. The third-order valence-corrected chi connectivity index (χ3v) is 3.24. The number of nitrogens with zero attached hydrogens (tertiary/aromatic N) is 3. The molecule has 0 aliphatic heterocycles. The minimum Gasteiger partial charge on any atom is -0.383 e. The van der Waals surface area contributed by atoms with Gasteiger partial charge >= 0.3 is 0 Å². The predicted molar refractivity (Wildman–Crippen MR) is 74.1 cm³/mol. The fourth-order valence-electron chi connectivity index (χ4n) is 1.76. The Kier molecular flexibility index (Phi) is 5.46. The van der Waals surface area contributed by atoms with E-state index in [4.69, 9.17) is 16.3 Å². The Bertz CT molecular complexity index is 561. The van der Waals surface area contributed by atoms with E-state index in [0.29, 0.717) is 25.3 Å². The smallest absolute Gasteiger partial charge is 0.142 e. The van der Waals surface area contributed by atoms with E-state index in [1.807, 2.05) is 0 Å². The first kappa shape index (κ1) is 14.9. The van der Waals surface area contributed by atoms with Gasteiger partial charge in [-0.25, -0.2) is 14.1 Å². The highest BCUT2D eigenvalue weighted by atomic mass is 35.5. The van der Waals surface area contributed by atoms with Crippen molar-refractivity contribution in [3.05, 3.63) is 46.8 Å². The summed E-state index contributed by atoms with van der Waals surface area (Å²) < 4.78 is 20.0. The highest BCUT2D eigenvalue weighted by Gasteiger charge is 2.09. The molecule has 1 heterocycles. The topological polar surface area (TPSA) is 52.0 Å². The largest absolute Gasteiger partial charge is 0.383 e. The molecule has 1 aromatic carbocycles. The van der Waals surface area contributed by atoms with E-state index in [-0.39, 0.29) is 5.02 Å². The van der Waals surface area contributed by atoms with Gasteiger partial charge in [-0.1, -0.05) is 23.7 Å². The first-order valence-electron chi connectivity index (χ1n) is 6.21. The number of ether oxygens (including phenoxy) is 1. The molecule has 108 valence electrons. The van der Waals surface area contributed by atoms with Crippen molar-refractivity contribution >= 4 is 11.6 Å². The molecule has 0 saturated carbocycles. The number of hydrogen-bond donors (Lipinski definition) is 1. The van der Waals surface area contributed by atoms with Gasteiger partial charge in [0.2, 0.25) is 0 Å². The van der Waals surface area contributed by atoms with Crippen LogP contribution in [0.4, 0.5) is 4.39 Å². The Labute approximate surface area is 121 Å². The van der Waals surface area contributed by atoms with Gasteiger partial charge in [-0.2, -0.15) is 5.10 Å². The molecule has 1 N–H and O–H groups in total. The zero-order chi connectivity index (χ0) is 14.4. The molecule has 0 aliphatic rings. The van der Waals surface area contributed by atoms with Crippen LogP contribution in [0.5, 0.6) is 0 Å². The average Bonchev–Trinajstić information content (AvgIpc) is 2.87. The molecule has 0 saturated heterocycles. The van der Waals surface area contributed by atoms with Crippen LogP contribution in [0, 0.1) is 5.82 Å². The lowest BCUT2D eigenvalue weighted by Gasteiger charge is -2.09. The van der Waals surface area contributed by atoms with Crippen molar-refractivity contribution in [3.63, 3.8) is 0 Å². The Morgan fingerprint density at radius 2 is 2.30 bits per heavy atom. The first-order chi connectivity index (χ1) is 9.72. The van der Waals surface area contributed by atoms with Crippen molar-refractivity contribution < 1.29 is 9.13 Å². The second kappa shape index (κ2) is 7.33. The van der Waals surface area contributed by atoms with Crippen LogP contribution in [0.1, 0.15) is 11.4 Å². The molecular weight excluding hydrogens is 283 g/mol. The minimum absolute atomic E-state index is 0.126. The van der Waals surface area contributed by atoms with Gasteiger partial charge in [0.1, 0.15) is 18.0 Å². The lowest BCUT2D eigenvalue weighted by atomic mass is 10.2. The molecule has 5 nitrogen and oxygen atoms in total. The fourth-order valence-corrected chi connectivity index (χ4v) is 1.95. The molecule has 0 bridgehead atoms. The Balaban J connectivity index is 2.03. The summed E-state index contributed by atoms with van der Waals surface area (Å²) in [5.41, 5.74) is 0.676. The maximum absolute atomic E-state index is 13.4. The van der Waals surface area contributed by atoms with E-state index in [9.17, 15) is 4.39 Å². The molecule has 0 fully saturated rings. The van der Waals surface area contributed by atoms with E-state index in [1.54, 1.807) is 23.9 Å². The highest BCUT2D eigenvalue weighted by Crippen LogP contribution is 2.20. The zero-order valence-corrected chi connectivity index (χ0v) is 11.9. The molecule has 7 heteroatoms. The third-order valence-electron chi connectivity index (χ3n) is 2.81. The lowest BCUT2D eigenvalue weighted by Crippen LogP contribution is -2.21. The van der Waals surface area contributed by atoms with Crippen LogP contribution in [0.25, 0.3) is 0 Å². The summed E-state index contributed by atoms with van der Waals surface area (Å²) >= 11 is 5.94. The summed E-state index contributed by atoms with van der Waals surface area (Å²) in [6.07, 6.45) is 1.47. The van der Waals surface area contributed by atoms with E-state index < -0.39 is 5.82 Å². The third kappa shape index (κ3) is 3.75.